The Morgan fingerprint density at radius 2 is 2.13 bits per heavy atom. The zero-order valence-electron chi connectivity index (χ0n) is 9.99. The van der Waals surface area contributed by atoms with Crippen LogP contribution in [0.15, 0.2) is 6.20 Å². The molecular weight excluding hydrogens is 188 g/mol. The summed E-state index contributed by atoms with van der Waals surface area (Å²) >= 11 is 0. The highest BCUT2D eigenvalue weighted by molar-refractivity contribution is 5.42. The average molecular weight is 208 g/mol. The highest BCUT2D eigenvalue weighted by Gasteiger charge is 2.10. The van der Waals surface area contributed by atoms with E-state index in [0.29, 0.717) is 12.5 Å². The Balaban J connectivity index is 2.80. The lowest BCUT2D eigenvalue weighted by Crippen LogP contribution is -2.29. The van der Waals surface area contributed by atoms with E-state index in [1.807, 2.05) is 20.9 Å². The minimum atomic E-state index is 0.469. The number of nitrogens with two attached hydrogens (primary N) is 1. The number of aromatic nitrogens is 2. The third-order valence-electron chi connectivity index (χ3n) is 2.40. The molecule has 1 heterocycles. The van der Waals surface area contributed by atoms with Gasteiger partial charge in [0.25, 0.3) is 0 Å². The van der Waals surface area contributed by atoms with E-state index >= 15 is 0 Å². The fourth-order valence-corrected chi connectivity index (χ4v) is 1.51. The summed E-state index contributed by atoms with van der Waals surface area (Å²) in [6.45, 7) is 7.68. The molecule has 1 aromatic rings. The van der Waals surface area contributed by atoms with Gasteiger partial charge in [-0.3, -0.25) is 4.98 Å². The van der Waals surface area contributed by atoms with Gasteiger partial charge < -0.3 is 10.6 Å². The van der Waals surface area contributed by atoms with Crippen LogP contribution < -0.4 is 10.6 Å². The average Bonchev–Trinajstić information content (AvgIpc) is 2.21. The molecule has 0 aliphatic carbocycles. The molecule has 1 atom stereocenters. The molecule has 1 aromatic heterocycles. The summed E-state index contributed by atoms with van der Waals surface area (Å²) in [6, 6.07) is 0. The zero-order valence-corrected chi connectivity index (χ0v) is 9.99. The Morgan fingerprint density at radius 1 is 1.47 bits per heavy atom. The number of aryl methyl sites for hydroxylation is 2. The van der Waals surface area contributed by atoms with E-state index in [9.17, 15) is 0 Å². The van der Waals surface area contributed by atoms with Crippen molar-refractivity contribution in [1.82, 2.24) is 9.97 Å². The summed E-state index contributed by atoms with van der Waals surface area (Å²) in [7, 11) is 2.03. The van der Waals surface area contributed by atoms with E-state index in [1.54, 1.807) is 6.20 Å². The molecule has 15 heavy (non-hydrogen) atoms. The highest BCUT2D eigenvalue weighted by Crippen LogP contribution is 2.14. The number of rotatable bonds is 4. The van der Waals surface area contributed by atoms with Crippen LogP contribution in [0.4, 0.5) is 5.82 Å². The quantitative estimate of drug-likeness (QED) is 0.805. The number of hydrogen-bond acceptors (Lipinski definition) is 4. The largest absolute Gasteiger partial charge is 0.358 e. The molecule has 0 aliphatic heterocycles. The summed E-state index contributed by atoms with van der Waals surface area (Å²) in [4.78, 5) is 10.9. The van der Waals surface area contributed by atoms with Crippen LogP contribution in [-0.4, -0.2) is 30.1 Å². The third kappa shape index (κ3) is 3.16. The summed E-state index contributed by atoms with van der Waals surface area (Å²) in [5, 5.41) is 0. The Kier molecular flexibility index (Phi) is 4.03. The molecule has 84 valence electrons. The number of hydrogen-bond donors (Lipinski definition) is 1. The van der Waals surface area contributed by atoms with Crippen LogP contribution in [0.2, 0.25) is 0 Å². The molecule has 0 radical (unpaired) electrons. The van der Waals surface area contributed by atoms with Crippen molar-refractivity contribution in [2.24, 2.45) is 11.7 Å². The second-order valence-corrected chi connectivity index (χ2v) is 4.14. The monoisotopic (exact) mass is 208 g/mol. The number of nitrogens with zero attached hydrogens (tertiary/aromatic N) is 3. The first-order valence-electron chi connectivity index (χ1n) is 5.26. The molecule has 0 aromatic carbocycles. The fourth-order valence-electron chi connectivity index (χ4n) is 1.51. The van der Waals surface area contributed by atoms with Gasteiger partial charge in [-0.05, 0) is 26.3 Å². The van der Waals surface area contributed by atoms with Crippen molar-refractivity contribution >= 4 is 5.82 Å². The maximum atomic E-state index is 5.60. The Labute approximate surface area is 91.5 Å². The molecular formula is C11H20N4. The third-order valence-corrected chi connectivity index (χ3v) is 2.40. The van der Waals surface area contributed by atoms with Gasteiger partial charge in [0.05, 0.1) is 11.4 Å². The van der Waals surface area contributed by atoms with Gasteiger partial charge >= 0.3 is 0 Å². The van der Waals surface area contributed by atoms with Crippen LogP contribution in [0.25, 0.3) is 0 Å². The minimum absolute atomic E-state index is 0.469. The SMILES string of the molecule is Cc1cnc(C)c(N(C)CC(C)CN)n1. The summed E-state index contributed by atoms with van der Waals surface area (Å²) in [6.07, 6.45) is 1.79. The first-order valence-corrected chi connectivity index (χ1v) is 5.26. The molecule has 0 saturated carbocycles. The lowest BCUT2D eigenvalue weighted by molar-refractivity contribution is 0.586. The van der Waals surface area contributed by atoms with Crippen molar-refractivity contribution in [2.75, 3.05) is 25.0 Å². The van der Waals surface area contributed by atoms with Gasteiger partial charge in [0.2, 0.25) is 0 Å². The Morgan fingerprint density at radius 3 is 2.73 bits per heavy atom. The van der Waals surface area contributed by atoms with E-state index in [-0.39, 0.29) is 0 Å². The van der Waals surface area contributed by atoms with Crippen LogP contribution in [0, 0.1) is 19.8 Å². The lowest BCUT2D eigenvalue weighted by atomic mass is 10.2. The molecule has 0 aliphatic rings. The normalized spacial score (nSPS) is 12.6. The molecule has 1 unspecified atom stereocenters. The molecule has 0 spiro atoms. The van der Waals surface area contributed by atoms with Crippen molar-refractivity contribution in [3.63, 3.8) is 0 Å². The molecule has 0 bridgehead atoms. The molecule has 0 fully saturated rings. The van der Waals surface area contributed by atoms with Crippen molar-refractivity contribution in [2.45, 2.75) is 20.8 Å². The molecule has 0 amide bonds. The van der Waals surface area contributed by atoms with Crippen molar-refractivity contribution in [3.05, 3.63) is 17.6 Å². The second-order valence-electron chi connectivity index (χ2n) is 4.14. The maximum Gasteiger partial charge on any atom is 0.150 e. The van der Waals surface area contributed by atoms with Crippen molar-refractivity contribution < 1.29 is 0 Å². The standard InChI is InChI=1S/C11H20N4/c1-8(5-12)7-15(4)11-10(3)13-6-9(2)14-11/h6,8H,5,7,12H2,1-4H3. The molecule has 0 saturated heterocycles. The Hall–Kier alpha value is -1.16. The fraction of sp³-hybridized carbons (Fsp3) is 0.636. The van der Waals surface area contributed by atoms with Gasteiger partial charge in [0.15, 0.2) is 0 Å². The zero-order chi connectivity index (χ0) is 11.4. The van der Waals surface area contributed by atoms with E-state index in [2.05, 4.69) is 21.8 Å². The predicted molar refractivity (Wildman–Crippen MR) is 63.0 cm³/mol. The van der Waals surface area contributed by atoms with Crippen LogP contribution in [-0.2, 0) is 0 Å². The summed E-state index contributed by atoms with van der Waals surface area (Å²) in [5.74, 6) is 1.42. The maximum absolute atomic E-state index is 5.60. The minimum Gasteiger partial charge on any atom is -0.358 e. The van der Waals surface area contributed by atoms with Gasteiger partial charge in [0, 0.05) is 19.8 Å². The topological polar surface area (TPSA) is 55.0 Å². The summed E-state index contributed by atoms with van der Waals surface area (Å²) in [5.41, 5.74) is 7.52. The van der Waals surface area contributed by atoms with Gasteiger partial charge in [-0.15, -0.1) is 0 Å². The highest BCUT2D eigenvalue weighted by atomic mass is 15.2. The van der Waals surface area contributed by atoms with Crippen LogP contribution in [0.1, 0.15) is 18.3 Å². The Bertz CT molecular complexity index is 324. The van der Waals surface area contributed by atoms with Crippen molar-refractivity contribution in [3.8, 4) is 0 Å². The van der Waals surface area contributed by atoms with Gasteiger partial charge in [-0.25, -0.2) is 4.98 Å². The van der Waals surface area contributed by atoms with Crippen LogP contribution in [0.3, 0.4) is 0 Å². The molecule has 4 heteroatoms. The predicted octanol–water partition coefficient (Wildman–Crippen LogP) is 1.12. The molecule has 1 rings (SSSR count). The first kappa shape index (κ1) is 11.9. The van der Waals surface area contributed by atoms with E-state index in [4.69, 9.17) is 5.73 Å². The van der Waals surface area contributed by atoms with Gasteiger partial charge in [0.1, 0.15) is 5.82 Å². The van der Waals surface area contributed by atoms with Gasteiger partial charge in [-0.1, -0.05) is 6.92 Å². The van der Waals surface area contributed by atoms with Crippen LogP contribution >= 0.6 is 0 Å². The molecule has 4 nitrogen and oxygen atoms in total. The van der Waals surface area contributed by atoms with Gasteiger partial charge in [-0.2, -0.15) is 0 Å². The van der Waals surface area contributed by atoms with E-state index in [0.717, 1.165) is 23.8 Å². The van der Waals surface area contributed by atoms with E-state index < -0.39 is 0 Å². The molecule has 2 N–H and O–H groups in total. The van der Waals surface area contributed by atoms with Crippen molar-refractivity contribution in [1.29, 1.82) is 0 Å². The smallest absolute Gasteiger partial charge is 0.150 e. The number of anilines is 1. The second kappa shape index (κ2) is 5.07. The first-order chi connectivity index (χ1) is 7.04. The lowest BCUT2D eigenvalue weighted by Gasteiger charge is -2.22. The van der Waals surface area contributed by atoms with E-state index in [1.165, 1.54) is 0 Å². The summed E-state index contributed by atoms with van der Waals surface area (Å²) < 4.78 is 0. The van der Waals surface area contributed by atoms with Crippen LogP contribution in [0.5, 0.6) is 0 Å².